The van der Waals surface area contributed by atoms with E-state index >= 15 is 0 Å². The highest BCUT2D eigenvalue weighted by atomic mass is 35.5. The highest BCUT2D eigenvalue weighted by molar-refractivity contribution is 6.42. The molecule has 14 heteroatoms. The van der Waals surface area contributed by atoms with Crippen LogP contribution in [0.25, 0.3) is 5.95 Å². The summed E-state index contributed by atoms with van der Waals surface area (Å²) in [6.45, 7) is 3.24. The Bertz CT molecular complexity index is 1640. The van der Waals surface area contributed by atoms with Crippen LogP contribution in [0.3, 0.4) is 0 Å². The van der Waals surface area contributed by atoms with E-state index in [1.807, 2.05) is 24.0 Å². The van der Waals surface area contributed by atoms with Crippen molar-refractivity contribution in [3.63, 3.8) is 0 Å². The zero-order valence-corrected chi connectivity index (χ0v) is 26.0. The van der Waals surface area contributed by atoms with Crippen LogP contribution in [0.2, 0.25) is 10.0 Å². The number of aromatic nitrogens is 4. The highest BCUT2D eigenvalue weighted by Gasteiger charge is 2.32. The summed E-state index contributed by atoms with van der Waals surface area (Å²) in [5, 5.41) is 6.60. The van der Waals surface area contributed by atoms with Gasteiger partial charge in [0.15, 0.2) is 0 Å². The Morgan fingerprint density at radius 1 is 1.02 bits per heavy atom. The first-order valence-corrected chi connectivity index (χ1v) is 14.6. The summed E-state index contributed by atoms with van der Waals surface area (Å²) >= 11 is 12.2. The van der Waals surface area contributed by atoms with E-state index in [0.29, 0.717) is 52.1 Å². The third-order valence-electron chi connectivity index (χ3n) is 7.18. The minimum Gasteiger partial charge on any atom is -0.497 e. The van der Waals surface area contributed by atoms with Crippen LogP contribution in [-0.4, -0.2) is 76.3 Å². The van der Waals surface area contributed by atoms with Gasteiger partial charge in [0.1, 0.15) is 23.6 Å². The minimum absolute atomic E-state index is 0.103. The number of imidazole rings is 1. The Balaban J connectivity index is 1.36. The van der Waals surface area contributed by atoms with Gasteiger partial charge in [0, 0.05) is 68.0 Å². The van der Waals surface area contributed by atoms with Crippen LogP contribution in [0.1, 0.15) is 17.7 Å². The van der Waals surface area contributed by atoms with Crippen molar-refractivity contribution < 1.29 is 19.1 Å². The van der Waals surface area contributed by atoms with E-state index in [4.69, 9.17) is 37.7 Å². The molecule has 5 rings (SSSR count). The summed E-state index contributed by atoms with van der Waals surface area (Å²) in [6.07, 6.45) is 5.15. The van der Waals surface area contributed by atoms with Crippen LogP contribution in [-0.2, 0) is 11.3 Å². The van der Waals surface area contributed by atoms with Crippen LogP contribution in [0.4, 0.5) is 16.3 Å². The fraction of sp³-hybridized carbons (Fsp3) is 0.300. The lowest BCUT2D eigenvalue weighted by atomic mass is 10.1. The van der Waals surface area contributed by atoms with E-state index in [0.717, 1.165) is 11.3 Å². The number of aryl methyl sites for hydroxylation is 1. The second kappa shape index (κ2) is 13.8. The molecule has 230 valence electrons. The molecule has 1 fully saturated rings. The molecule has 0 radical (unpaired) electrons. The average Bonchev–Trinajstić information content (AvgIpc) is 3.57. The number of nitrogens with zero attached hydrogens (tertiary/aromatic N) is 6. The molecule has 1 atom stereocenters. The van der Waals surface area contributed by atoms with Crippen molar-refractivity contribution in [1.82, 2.24) is 29.7 Å². The monoisotopic (exact) mass is 638 g/mol. The first-order chi connectivity index (χ1) is 21.2. The number of ether oxygens (including phenoxy) is 2. The lowest BCUT2D eigenvalue weighted by Crippen LogP contribution is -2.57. The Kier molecular flexibility index (Phi) is 9.71. The van der Waals surface area contributed by atoms with Crippen molar-refractivity contribution in [3.8, 4) is 17.4 Å². The van der Waals surface area contributed by atoms with Gasteiger partial charge in [-0.1, -0.05) is 23.2 Å². The van der Waals surface area contributed by atoms with E-state index in [1.54, 1.807) is 72.7 Å². The number of hydrogen-bond donors (Lipinski definition) is 2. The van der Waals surface area contributed by atoms with Gasteiger partial charge >= 0.3 is 6.03 Å². The molecule has 1 aliphatic rings. The predicted molar refractivity (Wildman–Crippen MR) is 168 cm³/mol. The number of rotatable bonds is 9. The van der Waals surface area contributed by atoms with Crippen molar-refractivity contribution in [3.05, 3.63) is 82.5 Å². The van der Waals surface area contributed by atoms with Crippen LogP contribution in [0.5, 0.6) is 11.5 Å². The topological polar surface area (TPSA) is 127 Å². The van der Waals surface area contributed by atoms with Crippen molar-refractivity contribution in [1.29, 1.82) is 0 Å². The standard InChI is InChI=1S/C30H32Cl2N8O4/c1-19-12-27(37-29(35-19)39-9-8-33-18-39)40-11-10-38(30(42)36-21-4-6-24(31)25(32)14-21)17-22(40)15-28(41)34-16-20-13-23(43-2)5-7-26(20)44-3/h4-9,12-14,18,22H,10-11,15-17H2,1-3H3,(H,34,41)(H,36,42). The summed E-state index contributed by atoms with van der Waals surface area (Å²) in [6, 6.07) is 11.5. The number of piperazine rings is 1. The van der Waals surface area contributed by atoms with Crippen LogP contribution >= 0.6 is 23.2 Å². The molecule has 12 nitrogen and oxygen atoms in total. The molecule has 1 aliphatic heterocycles. The average molecular weight is 640 g/mol. The van der Waals surface area contributed by atoms with Gasteiger partial charge < -0.3 is 29.9 Å². The molecule has 2 aromatic carbocycles. The number of carbonyl (C=O) groups excluding carboxylic acids is 2. The first kappa shape index (κ1) is 30.9. The molecule has 0 bridgehead atoms. The van der Waals surface area contributed by atoms with Gasteiger partial charge in [0.2, 0.25) is 11.9 Å². The molecule has 2 aromatic heterocycles. The Labute approximate surface area is 264 Å². The number of nitrogens with one attached hydrogen (secondary N) is 2. The van der Waals surface area contributed by atoms with Gasteiger partial charge in [-0.2, -0.15) is 4.98 Å². The maximum Gasteiger partial charge on any atom is 0.321 e. The second-order valence-corrected chi connectivity index (χ2v) is 11.0. The summed E-state index contributed by atoms with van der Waals surface area (Å²) in [4.78, 5) is 43.8. The normalized spacial score (nSPS) is 14.7. The van der Waals surface area contributed by atoms with Gasteiger partial charge in [0.05, 0.1) is 30.3 Å². The fourth-order valence-corrected chi connectivity index (χ4v) is 5.27. The number of benzene rings is 2. The van der Waals surface area contributed by atoms with Crippen LogP contribution in [0.15, 0.2) is 61.2 Å². The molecule has 0 spiro atoms. The van der Waals surface area contributed by atoms with Gasteiger partial charge in [-0.3, -0.25) is 9.36 Å². The van der Waals surface area contributed by atoms with Crippen molar-refractivity contribution in [2.75, 3.05) is 44.1 Å². The number of carbonyl (C=O) groups is 2. The van der Waals surface area contributed by atoms with Gasteiger partial charge in [-0.05, 0) is 43.3 Å². The van der Waals surface area contributed by atoms with Crippen molar-refractivity contribution in [2.45, 2.75) is 25.9 Å². The maximum absolute atomic E-state index is 13.4. The number of halogens is 2. The Hall–Kier alpha value is -4.55. The molecule has 1 saturated heterocycles. The Morgan fingerprint density at radius 3 is 2.59 bits per heavy atom. The number of hydrogen-bond acceptors (Lipinski definition) is 8. The van der Waals surface area contributed by atoms with E-state index in [2.05, 4.69) is 20.6 Å². The fourth-order valence-electron chi connectivity index (χ4n) is 4.97. The Morgan fingerprint density at radius 2 is 1.86 bits per heavy atom. The minimum atomic E-state index is -0.388. The second-order valence-electron chi connectivity index (χ2n) is 10.1. The molecule has 2 N–H and O–H groups in total. The molecule has 1 unspecified atom stereocenters. The van der Waals surface area contributed by atoms with Crippen LogP contribution < -0.4 is 25.0 Å². The van der Waals surface area contributed by atoms with E-state index in [9.17, 15) is 9.59 Å². The molecule has 4 aromatic rings. The third-order valence-corrected chi connectivity index (χ3v) is 7.92. The molecule has 3 amide bonds. The SMILES string of the molecule is COc1ccc(OC)c(CNC(=O)CC2CN(C(=O)Nc3ccc(Cl)c(Cl)c3)CCN2c2cc(C)nc(-n3ccnc3)n2)c1. The predicted octanol–water partition coefficient (Wildman–Crippen LogP) is 4.72. The quantitative estimate of drug-likeness (QED) is 0.270. The van der Waals surface area contributed by atoms with E-state index in [1.165, 1.54) is 0 Å². The van der Waals surface area contributed by atoms with Crippen molar-refractivity contribution in [2.24, 2.45) is 0 Å². The largest absolute Gasteiger partial charge is 0.497 e. The van der Waals surface area contributed by atoms with E-state index in [-0.39, 0.29) is 37.5 Å². The van der Waals surface area contributed by atoms with Gasteiger partial charge in [-0.15, -0.1) is 0 Å². The summed E-state index contributed by atoms with van der Waals surface area (Å²) in [7, 11) is 3.16. The molecular formula is C30H32Cl2N8O4. The smallest absolute Gasteiger partial charge is 0.321 e. The molecule has 0 aliphatic carbocycles. The van der Waals surface area contributed by atoms with Crippen molar-refractivity contribution >= 4 is 46.6 Å². The molecule has 3 heterocycles. The highest BCUT2D eigenvalue weighted by Crippen LogP contribution is 2.27. The number of methoxy groups -OCH3 is 2. The summed E-state index contributed by atoms with van der Waals surface area (Å²) in [5.74, 6) is 2.21. The van der Waals surface area contributed by atoms with Gasteiger partial charge in [-0.25, -0.2) is 14.8 Å². The van der Waals surface area contributed by atoms with Crippen LogP contribution in [0, 0.1) is 6.92 Å². The zero-order valence-electron chi connectivity index (χ0n) is 24.5. The summed E-state index contributed by atoms with van der Waals surface area (Å²) in [5.41, 5.74) is 2.05. The number of urea groups is 1. The molecule has 0 saturated carbocycles. The molecule has 44 heavy (non-hydrogen) atoms. The lowest BCUT2D eigenvalue weighted by Gasteiger charge is -2.42. The number of amides is 3. The zero-order chi connectivity index (χ0) is 31.2. The molecular weight excluding hydrogens is 607 g/mol. The first-order valence-electron chi connectivity index (χ1n) is 13.8. The number of anilines is 2. The lowest BCUT2D eigenvalue weighted by molar-refractivity contribution is -0.121. The van der Waals surface area contributed by atoms with Gasteiger partial charge in [0.25, 0.3) is 0 Å². The van der Waals surface area contributed by atoms with E-state index < -0.39 is 0 Å². The maximum atomic E-state index is 13.4. The summed E-state index contributed by atoms with van der Waals surface area (Å²) < 4.78 is 12.5. The third kappa shape index (κ3) is 7.32.